The first-order chi connectivity index (χ1) is 34.3. The molecule has 384 valence electrons. The second kappa shape index (κ2) is 22.7. The van der Waals surface area contributed by atoms with Crippen LogP contribution in [0.15, 0.2) is 36.8 Å². The largest absolute Gasteiger partial charge is 0.459 e. The summed E-state index contributed by atoms with van der Waals surface area (Å²) in [5.41, 5.74) is 2.12. The smallest absolute Gasteiger partial charge is 0.343 e. The molecule has 9 rings (SSSR count). The van der Waals surface area contributed by atoms with E-state index < -0.39 is 12.0 Å². The zero-order valence-electron chi connectivity index (χ0n) is 41.6. The molecule has 4 N–H and O–H groups in total. The van der Waals surface area contributed by atoms with Gasteiger partial charge in [-0.25, -0.2) is 14.2 Å². The van der Waals surface area contributed by atoms with E-state index in [1.54, 1.807) is 23.0 Å². The van der Waals surface area contributed by atoms with E-state index in [2.05, 4.69) is 60.8 Å². The number of anilines is 5. The highest BCUT2D eigenvalue weighted by Gasteiger charge is 2.37. The number of halogens is 1. The second-order valence-electron chi connectivity index (χ2n) is 20.9. The normalized spacial score (nSPS) is 25.2. The third-order valence-electron chi connectivity index (χ3n) is 15.6. The van der Waals surface area contributed by atoms with Gasteiger partial charge in [-0.3, -0.25) is 39.0 Å². The monoisotopic (exact) mass is 982 g/mol. The van der Waals surface area contributed by atoms with Crippen molar-refractivity contribution in [2.45, 2.75) is 115 Å². The Hall–Kier alpha value is -5.89. The minimum atomic E-state index is -0.559. The van der Waals surface area contributed by atoms with E-state index in [9.17, 15) is 24.0 Å². The molecule has 3 aromatic rings. The lowest BCUT2D eigenvalue weighted by atomic mass is 9.80. The Bertz CT molecular complexity index is 2360. The van der Waals surface area contributed by atoms with Gasteiger partial charge in [0.05, 0.1) is 23.7 Å². The zero-order chi connectivity index (χ0) is 49.6. The Morgan fingerprint density at radius 1 is 0.789 bits per heavy atom. The first-order valence-electron chi connectivity index (χ1n) is 26.1. The van der Waals surface area contributed by atoms with Crippen molar-refractivity contribution < 1.29 is 33.1 Å². The summed E-state index contributed by atoms with van der Waals surface area (Å²) in [6.45, 7) is 12.5. The van der Waals surface area contributed by atoms with Gasteiger partial charge in [-0.2, -0.15) is 10.1 Å². The number of piperazine rings is 2. The van der Waals surface area contributed by atoms with E-state index in [4.69, 9.17) is 4.74 Å². The van der Waals surface area contributed by atoms with Crippen LogP contribution in [0.3, 0.4) is 0 Å². The Kier molecular flexibility index (Phi) is 16.0. The number of esters is 1. The van der Waals surface area contributed by atoms with Crippen molar-refractivity contribution in [3.05, 3.63) is 48.2 Å². The molecule has 1 atom stereocenters. The van der Waals surface area contributed by atoms with Gasteiger partial charge in [0.15, 0.2) is 0 Å². The molecule has 2 saturated carbocycles. The first kappa shape index (κ1) is 50.1. The molecule has 6 aliphatic rings. The van der Waals surface area contributed by atoms with Crippen LogP contribution in [0, 0.1) is 23.6 Å². The van der Waals surface area contributed by atoms with Crippen LogP contribution in [0.1, 0.15) is 101 Å². The Balaban J connectivity index is 0.654. The lowest BCUT2D eigenvalue weighted by Crippen LogP contribution is -2.54. The van der Waals surface area contributed by atoms with Crippen molar-refractivity contribution in [3.63, 3.8) is 0 Å². The van der Waals surface area contributed by atoms with Gasteiger partial charge in [0.25, 0.3) is 0 Å². The maximum absolute atomic E-state index is 15.3. The van der Waals surface area contributed by atoms with Gasteiger partial charge in [-0.05, 0) is 109 Å². The summed E-state index contributed by atoms with van der Waals surface area (Å²) < 4.78 is 22.5. The molecule has 2 aliphatic carbocycles. The number of piperidine rings is 2. The number of carbonyl (C=O) groups excluding carboxylic acids is 5. The van der Waals surface area contributed by atoms with Gasteiger partial charge in [0.2, 0.25) is 29.6 Å². The number of benzene rings is 1. The average molecular weight is 982 g/mol. The average Bonchev–Trinajstić information content (AvgIpc) is 3.79. The molecule has 6 fully saturated rings. The maximum Gasteiger partial charge on any atom is 0.343 e. The highest BCUT2D eigenvalue weighted by molar-refractivity contribution is 6.01. The number of aromatic nitrogens is 4. The van der Waals surface area contributed by atoms with Crippen LogP contribution in [0.2, 0.25) is 0 Å². The molecule has 2 aromatic heterocycles. The summed E-state index contributed by atoms with van der Waals surface area (Å²) in [6, 6.07) is 5.00. The lowest BCUT2D eigenvalue weighted by molar-refractivity contribution is -0.143. The summed E-state index contributed by atoms with van der Waals surface area (Å²) in [5, 5.41) is 16.3. The number of nitrogens with one attached hydrogen (secondary N) is 4. The molecule has 0 bridgehead atoms. The second-order valence-corrected chi connectivity index (χ2v) is 20.9. The molecule has 1 aromatic carbocycles. The van der Waals surface area contributed by atoms with Gasteiger partial charge in [-0.1, -0.05) is 0 Å². The Morgan fingerprint density at radius 2 is 1.46 bits per heavy atom. The van der Waals surface area contributed by atoms with E-state index in [-0.39, 0.29) is 59.8 Å². The molecule has 19 nitrogen and oxygen atoms in total. The van der Waals surface area contributed by atoms with E-state index in [1.165, 1.54) is 12.3 Å². The highest BCUT2D eigenvalue weighted by Crippen LogP contribution is 2.34. The van der Waals surface area contributed by atoms with Gasteiger partial charge in [-0.15, -0.1) is 0 Å². The molecular weight excluding hydrogens is 910 g/mol. The van der Waals surface area contributed by atoms with Crippen molar-refractivity contribution in [3.8, 4) is 0 Å². The molecular formula is C51H72FN13O6. The molecule has 6 heterocycles. The Morgan fingerprint density at radius 3 is 2.08 bits per heavy atom. The van der Waals surface area contributed by atoms with Crippen molar-refractivity contribution in [1.29, 1.82) is 0 Å². The topological polar surface area (TPSA) is 202 Å². The van der Waals surface area contributed by atoms with Crippen molar-refractivity contribution in [2.75, 3.05) is 92.8 Å². The van der Waals surface area contributed by atoms with Crippen LogP contribution >= 0.6 is 0 Å². The molecule has 4 saturated heterocycles. The fourth-order valence-electron chi connectivity index (χ4n) is 11.5. The molecule has 71 heavy (non-hydrogen) atoms. The van der Waals surface area contributed by atoms with Crippen LogP contribution < -0.4 is 26.2 Å². The number of nitrogens with zero attached hydrogens (tertiary/aromatic N) is 9. The van der Waals surface area contributed by atoms with E-state index >= 15 is 4.39 Å². The third kappa shape index (κ3) is 12.6. The molecule has 0 spiro atoms. The SMILES string of the molecule is CC(C)OC(=O)c1cnc(Nc2cnn(C)c2)nc1NC1CCC(N2CCN(C(=O)C3CCC(C(=O)N4CCC(CN5CCN(c6ccc(NC7CCC(=O)NC7=O)cc6F)CC5)CC4)CC3)CC2)CC1. The molecule has 20 heteroatoms. The zero-order valence-corrected chi connectivity index (χ0v) is 41.6. The standard InChI is InChI=1S/C51H72FN13O6/c1-33(2)71-50(70)41-30-53-51(57-39-29-54-60(3)32-39)59-46(41)56-37-8-11-40(12-9-37)62-24-26-65(27-25-62)49(69)36-6-4-35(5-7-36)48(68)64-18-16-34(17-19-64)31-61-20-22-63(23-21-61)44-14-10-38(28-42(44)52)55-43-13-15-45(66)58-47(43)67/h10,14,28-30,32-37,40,43,55H,4-9,11-13,15-27,31H2,1-3H3,(H,58,66,67)(H2,53,56,57,59). The predicted molar refractivity (Wildman–Crippen MR) is 266 cm³/mol. The Labute approximate surface area is 416 Å². The number of rotatable bonds is 14. The van der Waals surface area contributed by atoms with Gasteiger partial charge < -0.3 is 35.4 Å². The first-order valence-corrected chi connectivity index (χ1v) is 26.1. The summed E-state index contributed by atoms with van der Waals surface area (Å²) in [6.07, 6.45) is 14.3. The van der Waals surface area contributed by atoms with Crippen LogP contribution in [0.25, 0.3) is 0 Å². The number of amides is 4. The quantitative estimate of drug-likeness (QED) is 0.129. The maximum atomic E-state index is 15.3. The fraction of sp³-hybridized carbons (Fsp3) is 0.647. The van der Waals surface area contributed by atoms with E-state index in [1.807, 2.05) is 27.1 Å². The molecule has 1 unspecified atom stereocenters. The molecule has 4 aliphatic heterocycles. The van der Waals surface area contributed by atoms with Crippen molar-refractivity contribution in [2.24, 2.45) is 24.8 Å². The number of ether oxygens (including phenoxy) is 1. The number of likely N-dealkylation sites (tertiary alicyclic amines) is 1. The minimum absolute atomic E-state index is 0.00633. The van der Waals surface area contributed by atoms with Gasteiger partial charge in [0.1, 0.15) is 23.2 Å². The minimum Gasteiger partial charge on any atom is -0.459 e. The number of hydrogen-bond donors (Lipinski definition) is 4. The molecule has 4 amide bonds. The summed E-state index contributed by atoms with van der Waals surface area (Å²) in [4.78, 5) is 84.5. The van der Waals surface area contributed by atoms with Crippen LogP contribution in [0.4, 0.5) is 33.2 Å². The predicted octanol–water partition coefficient (Wildman–Crippen LogP) is 4.61. The highest BCUT2D eigenvalue weighted by atomic mass is 19.1. The number of hydrogen-bond acceptors (Lipinski definition) is 15. The van der Waals surface area contributed by atoms with E-state index in [0.29, 0.717) is 47.1 Å². The fourth-order valence-corrected chi connectivity index (χ4v) is 11.5. The van der Waals surface area contributed by atoms with Crippen LogP contribution in [-0.4, -0.2) is 165 Å². The van der Waals surface area contributed by atoms with Crippen LogP contribution in [-0.2, 0) is 31.0 Å². The van der Waals surface area contributed by atoms with Crippen molar-refractivity contribution in [1.82, 2.24) is 44.7 Å². The van der Waals surface area contributed by atoms with Crippen molar-refractivity contribution >= 4 is 58.4 Å². The number of aryl methyl sites for hydroxylation is 1. The summed E-state index contributed by atoms with van der Waals surface area (Å²) in [5.74, 6) is 0.368. The number of imide groups is 1. The van der Waals surface area contributed by atoms with Gasteiger partial charge >= 0.3 is 5.97 Å². The van der Waals surface area contributed by atoms with E-state index in [0.717, 1.165) is 142 Å². The summed E-state index contributed by atoms with van der Waals surface area (Å²) in [7, 11) is 1.83. The molecule has 0 radical (unpaired) electrons. The number of carbonyl (C=O) groups is 5. The summed E-state index contributed by atoms with van der Waals surface area (Å²) >= 11 is 0. The third-order valence-corrected chi connectivity index (χ3v) is 15.6. The lowest BCUT2D eigenvalue weighted by Gasteiger charge is -2.43. The van der Waals surface area contributed by atoms with Gasteiger partial charge in [0, 0.05) is 127 Å². The van der Waals surface area contributed by atoms with Crippen LogP contribution in [0.5, 0.6) is 0 Å².